The molecule has 1 N–H and O–H groups in total. The van der Waals surface area contributed by atoms with Gasteiger partial charge in [-0.3, -0.25) is 4.79 Å². The molecule has 4 heteroatoms. The van der Waals surface area contributed by atoms with Crippen molar-refractivity contribution in [3.8, 4) is 0 Å². The van der Waals surface area contributed by atoms with Crippen LogP contribution in [0, 0.1) is 0 Å². The molecule has 0 spiro atoms. The molecule has 3 rings (SSSR count). The number of rotatable bonds is 3. The van der Waals surface area contributed by atoms with Gasteiger partial charge in [0.1, 0.15) is 0 Å². The number of nitrogens with one attached hydrogen (secondary N) is 1. The predicted molar refractivity (Wildman–Crippen MR) is 92.8 cm³/mol. The summed E-state index contributed by atoms with van der Waals surface area (Å²) in [6, 6.07) is 19.5. The highest BCUT2D eigenvalue weighted by atomic mass is 32.2. The lowest BCUT2D eigenvalue weighted by molar-refractivity contribution is -0.115. The molecule has 0 aromatic heterocycles. The van der Waals surface area contributed by atoms with Crippen LogP contribution in [0.2, 0.25) is 0 Å². The second-order valence-corrected chi connectivity index (χ2v) is 5.64. The molecule has 108 valence electrons. The number of para-hydroxylation sites is 1. The van der Waals surface area contributed by atoms with Crippen molar-refractivity contribution in [1.29, 1.82) is 0 Å². The smallest absolute Gasteiger partial charge is 0.264 e. The van der Waals surface area contributed by atoms with Crippen molar-refractivity contribution in [2.45, 2.75) is 0 Å². The van der Waals surface area contributed by atoms with E-state index in [1.807, 2.05) is 72.8 Å². The van der Waals surface area contributed by atoms with E-state index in [1.54, 1.807) is 6.08 Å². The van der Waals surface area contributed by atoms with Gasteiger partial charge in [-0.1, -0.05) is 60.7 Å². The molecular weight excluding hydrogens is 292 g/mol. The van der Waals surface area contributed by atoms with Gasteiger partial charge in [-0.2, -0.15) is 0 Å². The molecule has 0 unspecified atom stereocenters. The van der Waals surface area contributed by atoms with Gasteiger partial charge < -0.3 is 5.32 Å². The van der Waals surface area contributed by atoms with Crippen molar-refractivity contribution in [1.82, 2.24) is 5.32 Å². The lowest BCUT2D eigenvalue weighted by Crippen LogP contribution is -2.19. The minimum absolute atomic E-state index is 0.114. The molecule has 1 heterocycles. The summed E-state index contributed by atoms with van der Waals surface area (Å²) in [7, 11) is 0. The van der Waals surface area contributed by atoms with Crippen LogP contribution >= 0.6 is 11.8 Å². The summed E-state index contributed by atoms with van der Waals surface area (Å²) in [6.45, 7) is 0. The number of benzene rings is 2. The Bertz CT molecular complexity index is 749. The molecule has 22 heavy (non-hydrogen) atoms. The summed E-state index contributed by atoms with van der Waals surface area (Å²) < 4.78 is 0. The first kappa shape index (κ1) is 14.4. The fraction of sp³-hybridized carbons (Fsp3) is 0. The maximum atomic E-state index is 11.9. The summed E-state index contributed by atoms with van der Waals surface area (Å²) in [5.41, 5.74) is 1.92. The van der Waals surface area contributed by atoms with Gasteiger partial charge in [-0.25, -0.2) is 4.99 Å². The van der Waals surface area contributed by atoms with E-state index in [-0.39, 0.29) is 5.91 Å². The van der Waals surface area contributed by atoms with Crippen molar-refractivity contribution >= 4 is 34.6 Å². The van der Waals surface area contributed by atoms with E-state index in [2.05, 4.69) is 10.3 Å². The van der Waals surface area contributed by atoms with Crippen LogP contribution < -0.4 is 5.32 Å². The minimum Gasteiger partial charge on any atom is -0.300 e. The van der Waals surface area contributed by atoms with E-state index < -0.39 is 0 Å². The van der Waals surface area contributed by atoms with Crippen molar-refractivity contribution in [2.24, 2.45) is 4.99 Å². The molecule has 0 saturated carbocycles. The number of thioether (sulfide) groups is 1. The van der Waals surface area contributed by atoms with E-state index in [0.717, 1.165) is 11.3 Å². The Hall–Kier alpha value is -2.59. The average Bonchev–Trinajstić information content (AvgIpc) is 2.89. The molecule has 1 saturated heterocycles. The molecule has 2 aromatic carbocycles. The minimum atomic E-state index is -0.114. The predicted octanol–water partition coefficient (Wildman–Crippen LogP) is 4.13. The standard InChI is InChI=1S/C18H14N2OS/c21-17-16(13-7-10-14-8-3-1-4-9-14)22-18(20-17)19-15-11-5-2-6-12-15/h1-13H,(H,19,20,21)/b10-7+,16-13-. The van der Waals surface area contributed by atoms with Crippen LogP contribution in [-0.2, 0) is 4.79 Å². The van der Waals surface area contributed by atoms with Crippen LogP contribution in [0.15, 0.2) is 82.7 Å². The fourth-order valence-corrected chi connectivity index (χ4v) is 2.72. The number of amides is 1. The van der Waals surface area contributed by atoms with Gasteiger partial charge in [-0.05, 0) is 35.5 Å². The summed E-state index contributed by atoms with van der Waals surface area (Å²) in [4.78, 5) is 17.0. The molecule has 1 fully saturated rings. The van der Waals surface area contributed by atoms with Crippen LogP contribution in [0.25, 0.3) is 6.08 Å². The zero-order chi connectivity index (χ0) is 15.2. The monoisotopic (exact) mass is 306 g/mol. The molecule has 1 amide bonds. The number of nitrogens with zero attached hydrogens (tertiary/aromatic N) is 1. The molecule has 1 aliphatic heterocycles. The first-order valence-corrected chi connectivity index (χ1v) is 7.69. The number of carbonyl (C=O) groups excluding carboxylic acids is 1. The lowest BCUT2D eigenvalue weighted by atomic mass is 10.2. The number of hydrogen-bond donors (Lipinski definition) is 1. The van der Waals surface area contributed by atoms with E-state index in [1.165, 1.54) is 11.8 Å². The van der Waals surface area contributed by atoms with Crippen LogP contribution in [0.4, 0.5) is 5.69 Å². The second kappa shape index (κ2) is 6.91. The Labute approximate surface area is 133 Å². The quantitative estimate of drug-likeness (QED) is 0.866. The molecule has 0 atom stereocenters. The third-order valence-electron chi connectivity index (χ3n) is 2.97. The average molecular weight is 306 g/mol. The summed E-state index contributed by atoms with van der Waals surface area (Å²) in [5.74, 6) is -0.114. The van der Waals surface area contributed by atoms with E-state index in [9.17, 15) is 4.79 Å². The van der Waals surface area contributed by atoms with Crippen molar-refractivity contribution < 1.29 is 4.79 Å². The largest absolute Gasteiger partial charge is 0.300 e. The Balaban J connectivity index is 1.71. The van der Waals surface area contributed by atoms with Gasteiger partial charge in [0.25, 0.3) is 5.91 Å². The van der Waals surface area contributed by atoms with Gasteiger partial charge >= 0.3 is 0 Å². The van der Waals surface area contributed by atoms with Gasteiger partial charge in [0.15, 0.2) is 5.17 Å². The molecular formula is C18H14N2OS. The van der Waals surface area contributed by atoms with E-state index >= 15 is 0 Å². The number of hydrogen-bond acceptors (Lipinski definition) is 3. The van der Waals surface area contributed by atoms with Crippen LogP contribution in [0.3, 0.4) is 0 Å². The lowest BCUT2D eigenvalue weighted by Gasteiger charge is -1.94. The second-order valence-electron chi connectivity index (χ2n) is 4.61. The molecule has 1 aliphatic rings. The van der Waals surface area contributed by atoms with Crippen LogP contribution in [0.1, 0.15) is 5.56 Å². The highest BCUT2D eigenvalue weighted by Crippen LogP contribution is 2.26. The maximum Gasteiger partial charge on any atom is 0.264 e. The Morgan fingerprint density at radius 3 is 2.36 bits per heavy atom. The summed E-state index contributed by atoms with van der Waals surface area (Å²) in [5, 5.41) is 3.38. The van der Waals surface area contributed by atoms with Crippen LogP contribution in [0.5, 0.6) is 0 Å². The molecule has 3 nitrogen and oxygen atoms in total. The number of carbonyl (C=O) groups is 1. The number of aliphatic imine (C=N–C) groups is 1. The van der Waals surface area contributed by atoms with Gasteiger partial charge in [-0.15, -0.1) is 0 Å². The van der Waals surface area contributed by atoms with Crippen molar-refractivity contribution in [3.05, 3.63) is 83.3 Å². The normalized spacial score (nSPS) is 18.3. The molecule has 0 radical (unpaired) electrons. The fourth-order valence-electron chi connectivity index (χ4n) is 1.93. The van der Waals surface area contributed by atoms with Crippen LogP contribution in [-0.4, -0.2) is 11.1 Å². The van der Waals surface area contributed by atoms with Gasteiger partial charge in [0, 0.05) is 0 Å². The number of allylic oxidation sites excluding steroid dienone is 2. The topological polar surface area (TPSA) is 41.5 Å². The zero-order valence-electron chi connectivity index (χ0n) is 11.8. The molecule has 2 aromatic rings. The van der Waals surface area contributed by atoms with Gasteiger partial charge in [0.05, 0.1) is 10.6 Å². The first-order chi connectivity index (χ1) is 10.8. The van der Waals surface area contributed by atoms with Gasteiger partial charge in [0.2, 0.25) is 0 Å². The summed E-state index contributed by atoms with van der Waals surface area (Å²) in [6.07, 6.45) is 5.65. The zero-order valence-corrected chi connectivity index (χ0v) is 12.6. The first-order valence-electron chi connectivity index (χ1n) is 6.87. The molecule has 0 bridgehead atoms. The third-order valence-corrected chi connectivity index (χ3v) is 3.90. The third kappa shape index (κ3) is 3.74. The Morgan fingerprint density at radius 1 is 0.955 bits per heavy atom. The Morgan fingerprint density at radius 2 is 1.64 bits per heavy atom. The maximum absolute atomic E-state index is 11.9. The van der Waals surface area contributed by atoms with Crippen molar-refractivity contribution in [3.63, 3.8) is 0 Å². The van der Waals surface area contributed by atoms with E-state index in [4.69, 9.17) is 0 Å². The van der Waals surface area contributed by atoms with E-state index in [0.29, 0.717) is 10.1 Å². The SMILES string of the molecule is O=C1NC(=Nc2ccccc2)S/C1=C\C=C\c1ccccc1. The summed E-state index contributed by atoms with van der Waals surface area (Å²) >= 11 is 1.35. The molecule has 0 aliphatic carbocycles. The van der Waals surface area contributed by atoms with Crippen molar-refractivity contribution in [2.75, 3.05) is 0 Å². The Kier molecular flexibility index (Phi) is 4.51. The number of amidine groups is 1. The highest BCUT2D eigenvalue weighted by molar-refractivity contribution is 8.18. The highest BCUT2D eigenvalue weighted by Gasteiger charge is 2.22.